The zero-order valence-electron chi connectivity index (χ0n) is 12.1. The van der Waals surface area contributed by atoms with Gasteiger partial charge < -0.3 is 26.5 Å². The molecule has 0 bridgehead atoms. The van der Waals surface area contributed by atoms with Gasteiger partial charge in [0, 0.05) is 6.92 Å². The lowest BCUT2D eigenvalue weighted by atomic mass is 10.2. The number of carbonyl (C=O) groups excluding carboxylic acids is 5. The number of hydrogen-bond donors (Lipinski definition) is 4. The van der Waals surface area contributed by atoms with E-state index in [1.165, 1.54) is 20.8 Å². The van der Waals surface area contributed by atoms with E-state index >= 15 is 0 Å². The van der Waals surface area contributed by atoms with E-state index < -0.39 is 35.8 Å². The molecule has 3 unspecified atom stereocenters. The summed E-state index contributed by atoms with van der Waals surface area (Å²) in [5.74, 6) is -2.30. The third-order valence-corrected chi connectivity index (χ3v) is 2.48. The Kier molecular flexibility index (Phi) is 7.66. The Morgan fingerprint density at radius 2 is 1.48 bits per heavy atom. The quantitative estimate of drug-likeness (QED) is 0.368. The van der Waals surface area contributed by atoms with Crippen LogP contribution in [0.25, 0.3) is 0 Å². The molecule has 0 aliphatic heterocycles. The summed E-state index contributed by atoms with van der Waals surface area (Å²) in [6.45, 7) is 4.13. The minimum Gasteiger partial charge on any atom is -0.370 e. The average Bonchev–Trinajstić information content (AvgIpc) is 2.36. The highest BCUT2D eigenvalue weighted by atomic mass is 16.2. The summed E-state index contributed by atoms with van der Waals surface area (Å²) in [6.07, 6.45) is 0.0648. The fraction of sp³-hybridized carbons (Fsp3) is 0.583. The number of primary amides is 1. The van der Waals surface area contributed by atoms with Crippen molar-refractivity contribution in [3.8, 4) is 0 Å². The molecule has 3 atom stereocenters. The van der Waals surface area contributed by atoms with Gasteiger partial charge in [-0.3, -0.25) is 19.2 Å². The highest BCUT2D eigenvalue weighted by Gasteiger charge is 2.22. The van der Waals surface area contributed by atoms with Gasteiger partial charge in [0.1, 0.15) is 18.4 Å². The molecule has 0 aliphatic carbocycles. The predicted octanol–water partition coefficient (Wildman–Crippen LogP) is -2.43. The molecule has 0 fully saturated rings. The Balaban J connectivity index is 4.44. The molecular weight excluding hydrogens is 280 g/mol. The van der Waals surface area contributed by atoms with Gasteiger partial charge in [0.2, 0.25) is 23.6 Å². The molecule has 0 heterocycles. The van der Waals surface area contributed by atoms with Crippen LogP contribution in [-0.2, 0) is 24.0 Å². The van der Waals surface area contributed by atoms with Crippen molar-refractivity contribution >= 4 is 29.9 Å². The maximum Gasteiger partial charge on any atom is 0.242 e. The van der Waals surface area contributed by atoms with Gasteiger partial charge in [-0.1, -0.05) is 0 Å². The van der Waals surface area contributed by atoms with E-state index in [0.29, 0.717) is 6.29 Å². The first-order valence-corrected chi connectivity index (χ1v) is 6.28. The lowest BCUT2D eigenvalue weighted by molar-refractivity contribution is -0.132. The van der Waals surface area contributed by atoms with E-state index in [0.717, 1.165) is 0 Å². The first-order chi connectivity index (χ1) is 9.67. The second-order valence-electron chi connectivity index (χ2n) is 4.57. The number of nitrogens with two attached hydrogens (primary N) is 1. The van der Waals surface area contributed by atoms with Crippen molar-refractivity contribution in [2.24, 2.45) is 5.73 Å². The maximum absolute atomic E-state index is 11.7. The van der Waals surface area contributed by atoms with Gasteiger partial charge >= 0.3 is 0 Å². The highest BCUT2D eigenvalue weighted by molar-refractivity contribution is 5.92. The van der Waals surface area contributed by atoms with Gasteiger partial charge in [-0.15, -0.1) is 0 Å². The summed E-state index contributed by atoms with van der Waals surface area (Å²) >= 11 is 0. The highest BCUT2D eigenvalue weighted by Crippen LogP contribution is 1.92. The number of amides is 4. The summed E-state index contributed by atoms with van der Waals surface area (Å²) in [7, 11) is 0. The molecule has 21 heavy (non-hydrogen) atoms. The monoisotopic (exact) mass is 300 g/mol. The van der Waals surface area contributed by atoms with E-state index in [9.17, 15) is 24.0 Å². The number of nitrogens with one attached hydrogen (secondary N) is 3. The molecule has 0 aromatic heterocycles. The molecule has 9 nitrogen and oxygen atoms in total. The van der Waals surface area contributed by atoms with E-state index in [1.54, 1.807) is 0 Å². The smallest absolute Gasteiger partial charge is 0.242 e. The fourth-order valence-electron chi connectivity index (χ4n) is 1.43. The molecule has 118 valence electrons. The van der Waals surface area contributed by atoms with Gasteiger partial charge in [-0.25, -0.2) is 0 Å². The normalized spacial score (nSPS) is 14.2. The Morgan fingerprint density at radius 3 is 1.90 bits per heavy atom. The molecule has 0 aliphatic rings. The van der Waals surface area contributed by atoms with Crippen molar-refractivity contribution in [2.75, 3.05) is 0 Å². The van der Waals surface area contributed by atoms with Crippen LogP contribution in [0.5, 0.6) is 0 Å². The van der Waals surface area contributed by atoms with Crippen molar-refractivity contribution in [3.63, 3.8) is 0 Å². The molecule has 4 amide bonds. The zero-order chi connectivity index (χ0) is 16.6. The largest absolute Gasteiger partial charge is 0.370 e. The van der Waals surface area contributed by atoms with E-state index in [4.69, 9.17) is 5.73 Å². The van der Waals surface area contributed by atoms with E-state index in [2.05, 4.69) is 16.0 Å². The van der Waals surface area contributed by atoms with Crippen LogP contribution in [0.4, 0.5) is 0 Å². The van der Waals surface area contributed by atoms with Crippen LogP contribution in [0, 0.1) is 0 Å². The Hall–Kier alpha value is -2.45. The summed E-state index contributed by atoms with van der Waals surface area (Å²) in [6, 6.07) is -2.78. The second-order valence-corrected chi connectivity index (χ2v) is 4.57. The maximum atomic E-state index is 11.7. The number of hydrogen-bond acceptors (Lipinski definition) is 5. The molecule has 5 N–H and O–H groups in total. The van der Waals surface area contributed by atoms with Crippen molar-refractivity contribution in [3.05, 3.63) is 0 Å². The Bertz CT molecular complexity index is 437. The summed E-state index contributed by atoms with van der Waals surface area (Å²) in [5.41, 5.74) is 4.93. The molecular formula is C12H20N4O5. The van der Waals surface area contributed by atoms with E-state index in [1.807, 2.05) is 0 Å². The number of rotatable bonds is 8. The van der Waals surface area contributed by atoms with Crippen LogP contribution < -0.4 is 21.7 Å². The van der Waals surface area contributed by atoms with Gasteiger partial charge in [-0.05, 0) is 13.8 Å². The van der Waals surface area contributed by atoms with E-state index in [-0.39, 0.29) is 12.3 Å². The van der Waals surface area contributed by atoms with Crippen LogP contribution in [0.3, 0.4) is 0 Å². The van der Waals surface area contributed by atoms with Crippen molar-refractivity contribution in [1.82, 2.24) is 16.0 Å². The molecule has 9 heteroatoms. The van der Waals surface area contributed by atoms with Crippen molar-refractivity contribution in [1.29, 1.82) is 0 Å². The van der Waals surface area contributed by atoms with Crippen LogP contribution in [0.15, 0.2) is 0 Å². The Labute approximate surface area is 122 Å². The number of carbonyl (C=O) groups is 5. The van der Waals surface area contributed by atoms with Gasteiger partial charge in [-0.2, -0.15) is 0 Å². The second kappa shape index (κ2) is 8.67. The lowest BCUT2D eigenvalue weighted by Gasteiger charge is -2.19. The molecule has 0 rings (SSSR count). The molecule has 0 saturated carbocycles. The SMILES string of the molecule is CC(=O)NC(C)C(=O)NC(C)C(=O)NC(C=O)CC(N)=O. The van der Waals surface area contributed by atoms with Crippen molar-refractivity contribution in [2.45, 2.75) is 45.3 Å². The first kappa shape index (κ1) is 18.6. The molecule has 0 saturated heterocycles. The van der Waals surface area contributed by atoms with Crippen LogP contribution in [0.1, 0.15) is 27.2 Å². The van der Waals surface area contributed by atoms with Gasteiger partial charge in [0.05, 0.1) is 12.5 Å². The number of aldehydes is 1. The Morgan fingerprint density at radius 1 is 1.00 bits per heavy atom. The fourth-order valence-corrected chi connectivity index (χ4v) is 1.43. The average molecular weight is 300 g/mol. The van der Waals surface area contributed by atoms with Gasteiger partial charge in [0.25, 0.3) is 0 Å². The topological polar surface area (TPSA) is 147 Å². The molecule has 0 aromatic rings. The predicted molar refractivity (Wildman–Crippen MR) is 72.7 cm³/mol. The van der Waals surface area contributed by atoms with Crippen LogP contribution in [0.2, 0.25) is 0 Å². The third kappa shape index (κ3) is 7.65. The summed E-state index contributed by atoms with van der Waals surface area (Å²) < 4.78 is 0. The van der Waals surface area contributed by atoms with Gasteiger partial charge in [0.15, 0.2) is 0 Å². The standard InChI is InChI=1S/C12H20N4O5/c1-6(14-8(3)18)11(20)15-7(2)12(21)16-9(5-17)4-10(13)19/h5-7,9H,4H2,1-3H3,(H2,13,19)(H,14,18)(H,15,20)(H,16,21). The van der Waals surface area contributed by atoms with Crippen molar-refractivity contribution < 1.29 is 24.0 Å². The third-order valence-electron chi connectivity index (χ3n) is 2.48. The lowest BCUT2D eigenvalue weighted by Crippen LogP contribution is -2.53. The minimum atomic E-state index is -1.04. The molecule has 0 spiro atoms. The summed E-state index contributed by atoms with van der Waals surface area (Å²) in [5, 5.41) is 7.01. The van der Waals surface area contributed by atoms with Crippen LogP contribution in [-0.4, -0.2) is 48.0 Å². The molecule has 0 radical (unpaired) electrons. The zero-order valence-corrected chi connectivity index (χ0v) is 12.1. The summed E-state index contributed by atoms with van der Waals surface area (Å²) in [4.78, 5) is 55.6. The molecule has 0 aromatic carbocycles. The van der Waals surface area contributed by atoms with Crippen LogP contribution >= 0.6 is 0 Å². The minimum absolute atomic E-state index is 0.321. The first-order valence-electron chi connectivity index (χ1n) is 6.28.